The Labute approximate surface area is 355 Å². The molecule has 3 amide bonds. The summed E-state index contributed by atoms with van der Waals surface area (Å²) in [6, 6.07) is 25.1. The minimum absolute atomic E-state index is 0.0165. The molecule has 15 heteroatoms. The molecule has 316 valence electrons. The molecule has 0 fully saturated rings. The van der Waals surface area contributed by atoms with E-state index in [0.29, 0.717) is 16.7 Å². The SMILES string of the molecule is COc1c(NC(=O)c2ccc(NC(=O)c3ccc(NC(=O)[C@H](CC#N)CC(=O)c4ccc(CC(=O)/C=C(\C)c5ccc(F)cc5)cc4)cc3)c(OC)c2O)ccc(C(C)=O)c1O. The number of nitrogens with zero attached hydrogens (tertiary/aromatic N) is 1. The second kappa shape index (κ2) is 20.2. The van der Waals surface area contributed by atoms with Crippen molar-refractivity contribution < 1.29 is 52.8 Å². The number of methoxy groups -OCH3 is 2. The molecule has 62 heavy (non-hydrogen) atoms. The lowest BCUT2D eigenvalue weighted by Crippen LogP contribution is -2.25. The van der Waals surface area contributed by atoms with Crippen LogP contribution in [0, 0.1) is 23.1 Å². The third-order valence-electron chi connectivity index (χ3n) is 9.68. The normalized spacial score (nSPS) is 11.4. The minimum Gasteiger partial charge on any atom is -0.504 e. The van der Waals surface area contributed by atoms with Gasteiger partial charge in [-0.15, -0.1) is 0 Å². The summed E-state index contributed by atoms with van der Waals surface area (Å²) in [6.45, 7) is 3.01. The van der Waals surface area contributed by atoms with Gasteiger partial charge in [-0.2, -0.15) is 5.26 Å². The van der Waals surface area contributed by atoms with Crippen molar-refractivity contribution in [2.24, 2.45) is 5.92 Å². The number of amides is 3. The van der Waals surface area contributed by atoms with Gasteiger partial charge < -0.3 is 35.6 Å². The molecule has 1 atom stereocenters. The second-order valence-corrected chi connectivity index (χ2v) is 14.0. The molecule has 0 saturated carbocycles. The number of allylic oxidation sites excluding steroid dienone is 2. The first kappa shape index (κ1) is 45.0. The minimum atomic E-state index is -0.997. The highest BCUT2D eigenvalue weighted by Gasteiger charge is 2.25. The molecule has 5 N–H and O–H groups in total. The van der Waals surface area contributed by atoms with E-state index in [2.05, 4.69) is 16.0 Å². The van der Waals surface area contributed by atoms with Crippen LogP contribution in [0.4, 0.5) is 21.5 Å². The number of rotatable bonds is 17. The van der Waals surface area contributed by atoms with Gasteiger partial charge in [-0.1, -0.05) is 36.4 Å². The number of Topliss-reactive ketones (excluding diaryl/α,β-unsaturated/α-hetero) is 2. The predicted octanol–water partition coefficient (Wildman–Crippen LogP) is 7.92. The molecule has 0 aliphatic heterocycles. The Morgan fingerprint density at radius 1 is 0.694 bits per heavy atom. The number of benzene rings is 5. The number of carbonyl (C=O) groups is 6. The number of phenols is 2. The molecule has 0 radical (unpaired) electrons. The number of nitriles is 1. The van der Waals surface area contributed by atoms with Crippen molar-refractivity contribution in [1.29, 1.82) is 5.26 Å². The van der Waals surface area contributed by atoms with Gasteiger partial charge in [-0.05, 0) is 97.3 Å². The highest BCUT2D eigenvalue weighted by Crippen LogP contribution is 2.40. The second-order valence-electron chi connectivity index (χ2n) is 14.0. The van der Waals surface area contributed by atoms with Crippen LogP contribution in [-0.2, 0) is 16.0 Å². The lowest BCUT2D eigenvalue weighted by Gasteiger charge is -2.16. The smallest absolute Gasteiger partial charge is 0.259 e. The molecule has 0 aliphatic rings. The molecule has 0 unspecified atom stereocenters. The van der Waals surface area contributed by atoms with Gasteiger partial charge >= 0.3 is 0 Å². The van der Waals surface area contributed by atoms with Crippen molar-refractivity contribution in [3.8, 4) is 29.1 Å². The molecule has 0 saturated heterocycles. The molecule has 5 aromatic rings. The molecule has 14 nitrogen and oxygen atoms in total. The fourth-order valence-corrected chi connectivity index (χ4v) is 6.36. The maximum atomic E-state index is 13.2. The Balaban J connectivity index is 1.18. The average Bonchev–Trinajstić information content (AvgIpc) is 3.24. The summed E-state index contributed by atoms with van der Waals surface area (Å²) >= 11 is 0. The fourth-order valence-electron chi connectivity index (χ4n) is 6.36. The fraction of sp³-hybridized carbons (Fsp3) is 0.170. The topological polar surface area (TPSA) is 221 Å². The average molecular weight is 841 g/mol. The molecular weight excluding hydrogens is 800 g/mol. The molecule has 0 spiro atoms. The van der Waals surface area contributed by atoms with Crippen LogP contribution in [0.15, 0.2) is 103 Å². The number of aromatic hydroxyl groups is 2. The Morgan fingerprint density at radius 2 is 1.23 bits per heavy atom. The van der Waals surface area contributed by atoms with Gasteiger partial charge in [0.25, 0.3) is 11.8 Å². The van der Waals surface area contributed by atoms with E-state index in [-0.39, 0.29) is 81.9 Å². The highest BCUT2D eigenvalue weighted by atomic mass is 19.1. The summed E-state index contributed by atoms with van der Waals surface area (Å²) in [6.07, 6.45) is 1.04. The van der Waals surface area contributed by atoms with Crippen LogP contribution in [0.2, 0.25) is 0 Å². The van der Waals surface area contributed by atoms with Gasteiger partial charge in [0.05, 0.1) is 48.7 Å². The van der Waals surface area contributed by atoms with E-state index in [0.717, 1.165) is 5.56 Å². The van der Waals surface area contributed by atoms with Gasteiger partial charge in [-0.25, -0.2) is 4.39 Å². The highest BCUT2D eigenvalue weighted by molar-refractivity contribution is 6.10. The summed E-state index contributed by atoms with van der Waals surface area (Å²) in [7, 11) is 2.46. The van der Waals surface area contributed by atoms with E-state index in [9.17, 15) is 48.6 Å². The summed E-state index contributed by atoms with van der Waals surface area (Å²) in [4.78, 5) is 77.2. The van der Waals surface area contributed by atoms with Crippen LogP contribution in [0.3, 0.4) is 0 Å². The standard InChI is InChI=1S/C47H41FN4O10/c1-26(29-9-13-33(48)14-10-29)23-35(54)24-28-5-7-30(8-6-28)40(55)25-32(21-22-49)46(59)50-34-15-11-31(12-16-34)45(58)51-38-20-18-37(42(57)44(38)62-4)47(60)52-39-19-17-36(27(2)53)41(56)43(39)61-3/h5-20,23,32,56-57H,21,24-25H2,1-4H3,(H,50,59)(H,51,58)(H,52,60)/b26-23+/t32-/m1/s1. The maximum Gasteiger partial charge on any atom is 0.259 e. The van der Waals surface area contributed by atoms with Gasteiger partial charge in [0.15, 0.2) is 40.3 Å². The van der Waals surface area contributed by atoms with Crippen LogP contribution < -0.4 is 25.4 Å². The van der Waals surface area contributed by atoms with E-state index in [1.165, 1.54) is 87.9 Å². The number of anilines is 3. The lowest BCUT2D eigenvalue weighted by molar-refractivity contribution is -0.119. The number of phenolic OH excluding ortho intramolecular Hbond substituents is 2. The van der Waals surface area contributed by atoms with Crippen molar-refractivity contribution in [3.63, 3.8) is 0 Å². The van der Waals surface area contributed by atoms with Gasteiger partial charge in [-0.3, -0.25) is 28.8 Å². The first-order valence-corrected chi connectivity index (χ1v) is 18.9. The number of hydrogen-bond acceptors (Lipinski definition) is 11. The largest absolute Gasteiger partial charge is 0.504 e. The molecule has 0 heterocycles. The zero-order valence-electron chi connectivity index (χ0n) is 34.0. The summed E-state index contributed by atoms with van der Waals surface area (Å²) < 4.78 is 23.7. The van der Waals surface area contributed by atoms with Crippen molar-refractivity contribution in [2.75, 3.05) is 30.2 Å². The number of carbonyl (C=O) groups excluding carboxylic acids is 6. The summed E-state index contributed by atoms with van der Waals surface area (Å²) in [5, 5.41) is 38.6. The first-order valence-electron chi connectivity index (χ1n) is 18.9. The van der Waals surface area contributed by atoms with E-state index in [4.69, 9.17) is 9.47 Å². The molecular formula is C47H41FN4O10. The van der Waals surface area contributed by atoms with E-state index >= 15 is 0 Å². The number of halogens is 1. The van der Waals surface area contributed by atoms with Crippen LogP contribution in [-0.4, -0.2) is 59.5 Å². The van der Waals surface area contributed by atoms with Gasteiger partial charge in [0.1, 0.15) is 5.82 Å². The lowest BCUT2D eigenvalue weighted by atomic mass is 9.94. The van der Waals surface area contributed by atoms with Gasteiger partial charge in [0.2, 0.25) is 5.91 Å². The first-order chi connectivity index (χ1) is 29.6. The number of ketones is 3. The quantitative estimate of drug-likeness (QED) is 0.0447. The van der Waals surface area contributed by atoms with E-state index < -0.39 is 40.9 Å². The van der Waals surface area contributed by atoms with Crippen molar-refractivity contribution in [1.82, 2.24) is 0 Å². The van der Waals surface area contributed by atoms with Crippen LogP contribution in [0.1, 0.15) is 79.2 Å². The Morgan fingerprint density at radius 3 is 1.79 bits per heavy atom. The summed E-state index contributed by atoms with van der Waals surface area (Å²) in [5.74, 6) is -5.88. The van der Waals surface area contributed by atoms with Crippen LogP contribution in [0.5, 0.6) is 23.0 Å². The molecule has 5 rings (SSSR count). The van der Waals surface area contributed by atoms with E-state index in [1.807, 2.05) is 6.07 Å². The Kier molecular flexibility index (Phi) is 14.7. The molecule has 0 aromatic heterocycles. The Hall–Kier alpha value is -8.12. The van der Waals surface area contributed by atoms with Gasteiger partial charge in [0, 0.05) is 36.1 Å². The third-order valence-corrected chi connectivity index (χ3v) is 9.68. The van der Waals surface area contributed by atoms with E-state index in [1.54, 1.807) is 43.3 Å². The maximum absolute atomic E-state index is 13.2. The summed E-state index contributed by atoms with van der Waals surface area (Å²) in [5.41, 5.74) is 2.55. The number of ether oxygens (including phenoxy) is 2. The van der Waals surface area contributed by atoms with Crippen LogP contribution in [0.25, 0.3) is 5.57 Å². The third kappa shape index (κ3) is 10.9. The monoisotopic (exact) mass is 840 g/mol. The molecule has 5 aromatic carbocycles. The number of hydrogen-bond donors (Lipinski definition) is 5. The van der Waals surface area contributed by atoms with Crippen LogP contribution >= 0.6 is 0 Å². The number of nitrogens with one attached hydrogen (secondary N) is 3. The zero-order chi connectivity index (χ0) is 45.1. The van der Waals surface area contributed by atoms with Crippen molar-refractivity contribution >= 4 is 57.7 Å². The predicted molar refractivity (Wildman–Crippen MR) is 228 cm³/mol. The molecule has 0 bridgehead atoms. The van der Waals surface area contributed by atoms with Crippen molar-refractivity contribution in [3.05, 3.63) is 142 Å². The Bertz CT molecular complexity index is 2620. The molecule has 0 aliphatic carbocycles. The van der Waals surface area contributed by atoms with Crippen molar-refractivity contribution in [2.45, 2.75) is 33.1 Å². The zero-order valence-corrected chi connectivity index (χ0v) is 34.0.